The molecule has 0 unspecified atom stereocenters. The van der Waals surface area contributed by atoms with Crippen molar-refractivity contribution < 1.29 is 12.8 Å². The first-order valence-corrected chi connectivity index (χ1v) is 8.38. The Kier molecular flexibility index (Phi) is 4.10. The van der Waals surface area contributed by atoms with Gasteiger partial charge in [0.05, 0.1) is 16.8 Å². The van der Waals surface area contributed by atoms with Gasteiger partial charge in [0.25, 0.3) is 0 Å². The van der Waals surface area contributed by atoms with Crippen LogP contribution in [0.4, 0.5) is 4.39 Å². The number of rotatable bonds is 5. The highest BCUT2D eigenvalue weighted by Crippen LogP contribution is 2.18. The number of hydrogen-bond acceptors (Lipinski definition) is 3. The van der Waals surface area contributed by atoms with Crippen molar-refractivity contribution in [3.05, 3.63) is 29.8 Å². The smallest absolute Gasteiger partial charge is 0.149 e. The van der Waals surface area contributed by atoms with Crippen LogP contribution in [0.3, 0.4) is 0 Å². The second kappa shape index (κ2) is 5.46. The van der Waals surface area contributed by atoms with E-state index in [2.05, 4.69) is 4.98 Å². The molecular weight excluding hydrogens is 291 g/mol. The molecule has 0 aliphatic carbocycles. The van der Waals surface area contributed by atoms with Gasteiger partial charge < -0.3 is 4.57 Å². The molecule has 0 bridgehead atoms. The summed E-state index contributed by atoms with van der Waals surface area (Å²) in [6.45, 7) is 0.255. The molecule has 0 aliphatic heterocycles. The molecule has 0 amide bonds. The van der Waals surface area contributed by atoms with Gasteiger partial charge in [-0.15, -0.1) is 11.6 Å². The highest BCUT2D eigenvalue weighted by atomic mass is 35.5. The molecule has 19 heavy (non-hydrogen) atoms. The second-order valence-corrected chi connectivity index (χ2v) is 7.02. The normalized spacial score (nSPS) is 12.2. The van der Waals surface area contributed by atoms with Gasteiger partial charge in [0.1, 0.15) is 21.5 Å². The SMILES string of the molecule is CS(=O)(=O)CCn1c(CCCl)nc2ccc(F)cc21. The largest absolute Gasteiger partial charge is 0.327 e. The van der Waals surface area contributed by atoms with Gasteiger partial charge in [-0.1, -0.05) is 0 Å². The summed E-state index contributed by atoms with van der Waals surface area (Å²) in [7, 11) is -3.09. The minimum atomic E-state index is -3.09. The minimum Gasteiger partial charge on any atom is -0.327 e. The Bertz CT molecular complexity index is 697. The molecule has 0 N–H and O–H groups in total. The molecule has 2 rings (SSSR count). The predicted octanol–water partition coefficient (Wildman–Crippen LogP) is 2.00. The van der Waals surface area contributed by atoms with E-state index in [1.54, 1.807) is 10.6 Å². The molecule has 1 aromatic heterocycles. The van der Waals surface area contributed by atoms with Crippen LogP contribution in [0.5, 0.6) is 0 Å². The fourth-order valence-electron chi connectivity index (χ4n) is 1.93. The third-order valence-electron chi connectivity index (χ3n) is 2.79. The third-order valence-corrected chi connectivity index (χ3v) is 3.91. The van der Waals surface area contributed by atoms with Gasteiger partial charge in [-0.05, 0) is 18.2 Å². The lowest BCUT2D eigenvalue weighted by molar-refractivity contribution is 0.593. The third kappa shape index (κ3) is 3.45. The van der Waals surface area contributed by atoms with Crippen molar-refractivity contribution in [3.8, 4) is 0 Å². The van der Waals surface area contributed by atoms with Gasteiger partial charge in [0.2, 0.25) is 0 Å². The molecular formula is C12H14ClFN2O2S. The van der Waals surface area contributed by atoms with Crippen molar-refractivity contribution in [2.75, 3.05) is 17.9 Å². The topological polar surface area (TPSA) is 52.0 Å². The van der Waals surface area contributed by atoms with E-state index in [9.17, 15) is 12.8 Å². The van der Waals surface area contributed by atoms with Crippen LogP contribution < -0.4 is 0 Å². The Morgan fingerprint density at radius 2 is 2.16 bits per heavy atom. The number of sulfone groups is 1. The number of imidazole rings is 1. The molecule has 0 spiro atoms. The Labute approximate surface area is 116 Å². The van der Waals surface area contributed by atoms with Crippen LogP contribution in [0.2, 0.25) is 0 Å². The number of aromatic nitrogens is 2. The zero-order valence-corrected chi connectivity index (χ0v) is 12.0. The summed E-state index contributed by atoms with van der Waals surface area (Å²) in [6, 6.07) is 4.28. The van der Waals surface area contributed by atoms with E-state index in [4.69, 9.17) is 11.6 Å². The second-order valence-electron chi connectivity index (χ2n) is 4.38. The number of nitrogens with zero attached hydrogens (tertiary/aromatic N) is 2. The summed E-state index contributed by atoms with van der Waals surface area (Å²) in [5.41, 5.74) is 1.25. The summed E-state index contributed by atoms with van der Waals surface area (Å²) in [6.07, 6.45) is 1.69. The van der Waals surface area contributed by atoms with Crippen LogP contribution in [-0.2, 0) is 22.8 Å². The van der Waals surface area contributed by atoms with Crippen molar-refractivity contribution in [1.82, 2.24) is 9.55 Å². The summed E-state index contributed by atoms with van der Waals surface area (Å²) in [5.74, 6) is 0.680. The molecule has 0 fully saturated rings. The van der Waals surface area contributed by atoms with Gasteiger partial charge >= 0.3 is 0 Å². The predicted molar refractivity (Wildman–Crippen MR) is 73.8 cm³/mol. The van der Waals surface area contributed by atoms with Crippen LogP contribution in [-0.4, -0.2) is 35.9 Å². The maximum atomic E-state index is 13.3. The average Bonchev–Trinajstić information content (AvgIpc) is 2.63. The van der Waals surface area contributed by atoms with Gasteiger partial charge in [0, 0.05) is 25.1 Å². The molecule has 1 heterocycles. The van der Waals surface area contributed by atoms with Crippen LogP contribution in [0.15, 0.2) is 18.2 Å². The van der Waals surface area contributed by atoms with E-state index in [0.29, 0.717) is 29.2 Å². The van der Waals surface area contributed by atoms with E-state index in [-0.39, 0.29) is 18.1 Å². The van der Waals surface area contributed by atoms with Crippen LogP contribution >= 0.6 is 11.6 Å². The van der Waals surface area contributed by atoms with Gasteiger partial charge in [-0.3, -0.25) is 0 Å². The van der Waals surface area contributed by atoms with E-state index in [0.717, 1.165) is 0 Å². The van der Waals surface area contributed by atoms with Gasteiger partial charge in [-0.2, -0.15) is 0 Å². The Morgan fingerprint density at radius 1 is 1.42 bits per heavy atom. The molecule has 0 atom stereocenters. The van der Waals surface area contributed by atoms with Gasteiger partial charge in [-0.25, -0.2) is 17.8 Å². The zero-order chi connectivity index (χ0) is 14.0. The molecule has 0 saturated heterocycles. The van der Waals surface area contributed by atoms with E-state index in [1.807, 2.05) is 0 Å². The number of hydrogen-bond donors (Lipinski definition) is 0. The highest BCUT2D eigenvalue weighted by Gasteiger charge is 2.13. The zero-order valence-electron chi connectivity index (χ0n) is 10.4. The maximum absolute atomic E-state index is 13.3. The number of benzene rings is 1. The van der Waals surface area contributed by atoms with Crippen LogP contribution in [0.25, 0.3) is 11.0 Å². The molecule has 7 heteroatoms. The molecule has 2 aromatic rings. The summed E-state index contributed by atoms with van der Waals surface area (Å²) in [5, 5.41) is 0. The van der Waals surface area contributed by atoms with E-state index in [1.165, 1.54) is 18.4 Å². The first-order chi connectivity index (χ1) is 8.90. The number of aryl methyl sites for hydroxylation is 2. The standard InChI is InChI=1S/C12H14ClFN2O2S/c1-19(17,18)7-6-16-11-8-9(14)2-3-10(11)15-12(16)4-5-13/h2-3,8H,4-7H2,1H3. The van der Waals surface area contributed by atoms with E-state index < -0.39 is 9.84 Å². The summed E-state index contributed by atoms with van der Waals surface area (Å²) in [4.78, 5) is 4.36. The summed E-state index contributed by atoms with van der Waals surface area (Å²) >= 11 is 5.71. The fraction of sp³-hybridized carbons (Fsp3) is 0.417. The van der Waals surface area contributed by atoms with E-state index >= 15 is 0 Å². The van der Waals surface area contributed by atoms with Crippen molar-refractivity contribution in [2.45, 2.75) is 13.0 Å². The van der Waals surface area contributed by atoms with Crippen molar-refractivity contribution >= 4 is 32.5 Å². The fourth-order valence-corrected chi connectivity index (χ4v) is 2.61. The van der Waals surface area contributed by atoms with Crippen LogP contribution in [0.1, 0.15) is 5.82 Å². The molecule has 1 aromatic carbocycles. The highest BCUT2D eigenvalue weighted by molar-refractivity contribution is 7.90. The Morgan fingerprint density at radius 3 is 2.79 bits per heavy atom. The lowest BCUT2D eigenvalue weighted by atomic mass is 10.3. The number of alkyl halides is 1. The first kappa shape index (κ1) is 14.3. The monoisotopic (exact) mass is 304 g/mol. The Balaban J connectivity index is 2.47. The first-order valence-electron chi connectivity index (χ1n) is 5.79. The van der Waals surface area contributed by atoms with Crippen molar-refractivity contribution in [3.63, 3.8) is 0 Å². The lowest BCUT2D eigenvalue weighted by Crippen LogP contribution is -2.13. The molecule has 0 saturated carbocycles. The number of fused-ring (bicyclic) bond motifs is 1. The van der Waals surface area contributed by atoms with Crippen molar-refractivity contribution in [1.29, 1.82) is 0 Å². The molecule has 4 nitrogen and oxygen atoms in total. The molecule has 104 valence electrons. The summed E-state index contributed by atoms with van der Waals surface area (Å²) < 4.78 is 37.6. The average molecular weight is 305 g/mol. The van der Waals surface area contributed by atoms with Crippen LogP contribution in [0, 0.1) is 5.82 Å². The minimum absolute atomic E-state index is 0.00966. The lowest BCUT2D eigenvalue weighted by Gasteiger charge is -2.07. The Hall–Kier alpha value is -1.14. The molecule has 0 radical (unpaired) electrons. The van der Waals surface area contributed by atoms with Crippen molar-refractivity contribution in [2.24, 2.45) is 0 Å². The maximum Gasteiger partial charge on any atom is 0.149 e. The quantitative estimate of drug-likeness (QED) is 0.794. The number of halogens is 2. The molecule has 0 aliphatic rings. The van der Waals surface area contributed by atoms with Gasteiger partial charge in [0.15, 0.2) is 0 Å².